The number of nitrogens with zero attached hydrogens (tertiary/aromatic N) is 2. The maximum Gasteiger partial charge on any atom is 0.273 e. The van der Waals surface area contributed by atoms with Gasteiger partial charge in [-0.1, -0.05) is 68.4 Å². The van der Waals surface area contributed by atoms with E-state index in [1.54, 1.807) is 11.0 Å². The van der Waals surface area contributed by atoms with E-state index in [9.17, 15) is 9.59 Å². The van der Waals surface area contributed by atoms with Crippen LogP contribution in [0, 0.1) is 5.92 Å². The van der Waals surface area contributed by atoms with Crippen molar-refractivity contribution in [3.8, 4) is 0 Å². The maximum absolute atomic E-state index is 13.4. The maximum atomic E-state index is 13.4. The average molecular weight is 460 g/mol. The van der Waals surface area contributed by atoms with Crippen LogP contribution in [0.2, 0.25) is 0 Å². The Hall–Kier alpha value is -3.41. The van der Waals surface area contributed by atoms with Crippen LogP contribution >= 0.6 is 0 Å². The first kappa shape index (κ1) is 23.7. The molecule has 2 aromatic carbocycles. The largest absolute Gasteiger partial charge is 0.359 e. The number of benzene rings is 2. The summed E-state index contributed by atoms with van der Waals surface area (Å²) in [5, 5.41) is 6.83. The molecule has 6 nitrogen and oxygen atoms in total. The van der Waals surface area contributed by atoms with Gasteiger partial charge >= 0.3 is 0 Å². The molecule has 0 aliphatic heterocycles. The Balaban J connectivity index is 1.48. The van der Waals surface area contributed by atoms with Gasteiger partial charge in [0.05, 0.1) is 6.54 Å². The number of aromatic nitrogens is 1. The van der Waals surface area contributed by atoms with Gasteiger partial charge in [-0.2, -0.15) is 0 Å². The molecule has 1 fully saturated rings. The Bertz CT molecular complexity index is 1110. The van der Waals surface area contributed by atoms with E-state index >= 15 is 0 Å². The molecule has 1 N–H and O–H groups in total. The summed E-state index contributed by atoms with van der Waals surface area (Å²) in [6.45, 7) is 7.89. The zero-order valence-corrected chi connectivity index (χ0v) is 20.2. The number of carbonyl (C=O) groups excluding carboxylic acids is 2. The molecule has 6 heteroatoms. The molecule has 0 saturated heterocycles. The molecule has 0 spiro atoms. The molecule has 1 aliphatic carbocycles. The molecular formula is C28H33N3O3. The molecule has 34 heavy (non-hydrogen) atoms. The van der Waals surface area contributed by atoms with E-state index in [4.69, 9.17) is 4.52 Å². The number of nitrogens with one attached hydrogen (secondary N) is 1. The van der Waals surface area contributed by atoms with Crippen LogP contribution in [0.5, 0.6) is 0 Å². The summed E-state index contributed by atoms with van der Waals surface area (Å²) >= 11 is 0. The van der Waals surface area contributed by atoms with E-state index in [1.165, 1.54) is 18.4 Å². The van der Waals surface area contributed by atoms with Crippen molar-refractivity contribution in [1.82, 2.24) is 15.4 Å². The van der Waals surface area contributed by atoms with Crippen LogP contribution in [0.4, 0.5) is 0 Å². The summed E-state index contributed by atoms with van der Waals surface area (Å²) in [4.78, 5) is 27.5. The first-order valence-electron chi connectivity index (χ1n) is 12.0. The van der Waals surface area contributed by atoms with Gasteiger partial charge in [-0.25, -0.2) is 0 Å². The third-order valence-electron chi connectivity index (χ3n) is 6.18. The molecule has 178 valence electrons. The average Bonchev–Trinajstić information content (AvgIpc) is 3.55. The molecular weight excluding hydrogens is 426 g/mol. The zero-order valence-electron chi connectivity index (χ0n) is 20.2. The first-order valence-corrected chi connectivity index (χ1v) is 12.0. The van der Waals surface area contributed by atoms with Crippen LogP contribution in [-0.4, -0.2) is 35.0 Å². The normalized spacial score (nSPS) is 13.5. The topological polar surface area (TPSA) is 75.4 Å². The Labute approximate surface area is 201 Å². The lowest BCUT2D eigenvalue weighted by atomic mass is 9.86. The fraction of sp³-hybridized carbons (Fsp3) is 0.393. The molecule has 0 bridgehead atoms. The first-order chi connectivity index (χ1) is 16.3. The molecule has 1 heterocycles. The van der Waals surface area contributed by atoms with Crippen LogP contribution < -0.4 is 5.32 Å². The molecule has 1 aliphatic rings. The lowest BCUT2D eigenvalue weighted by Gasteiger charge is -2.23. The third-order valence-corrected chi connectivity index (χ3v) is 6.18. The van der Waals surface area contributed by atoms with E-state index in [1.807, 2.05) is 42.5 Å². The van der Waals surface area contributed by atoms with Gasteiger partial charge in [0.25, 0.3) is 11.8 Å². The minimum Gasteiger partial charge on any atom is -0.359 e. The van der Waals surface area contributed by atoms with Crippen LogP contribution in [0.3, 0.4) is 0 Å². The predicted octanol–water partition coefficient (Wildman–Crippen LogP) is 5.00. The van der Waals surface area contributed by atoms with Gasteiger partial charge in [0, 0.05) is 24.7 Å². The van der Waals surface area contributed by atoms with E-state index < -0.39 is 0 Å². The summed E-state index contributed by atoms with van der Waals surface area (Å²) < 4.78 is 5.44. The van der Waals surface area contributed by atoms with E-state index in [-0.39, 0.29) is 29.5 Å². The van der Waals surface area contributed by atoms with Crippen LogP contribution in [0.1, 0.15) is 71.3 Å². The van der Waals surface area contributed by atoms with Gasteiger partial charge in [0.1, 0.15) is 0 Å². The summed E-state index contributed by atoms with van der Waals surface area (Å²) in [7, 11) is 0. The molecule has 0 radical (unpaired) electrons. The second-order valence-corrected chi connectivity index (χ2v) is 10.1. The SMILES string of the molecule is CC(C)(C)c1ccc(C(=O)N(CCc2ccccc2)Cc2cc(C(=O)NCC3CC3)no2)cc1. The summed E-state index contributed by atoms with van der Waals surface area (Å²) in [6.07, 6.45) is 3.05. The van der Waals surface area contributed by atoms with E-state index in [0.717, 1.165) is 12.0 Å². The molecule has 0 unspecified atom stereocenters. The lowest BCUT2D eigenvalue weighted by Crippen LogP contribution is -2.32. The molecule has 2 amide bonds. The number of carbonyl (C=O) groups is 2. The number of hydrogen-bond acceptors (Lipinski definition) is 4. The third kappa shape index (κ3) is 6.34. The van der Waals surface area contributed by atoms with Crippen LogP contribution in [0.25, 0.3) is 0 Å². The van der Waals surface area contributed by atoms with Gasteiger partial charge in [-0.3, -0.25) is 9.59 Å². The highest BCUT2D eigenvalue weighted by molar-refractivity contribution is 5.94. The molecule has 3 aromatic rings. The second-order valence-electron chi connectivity index (χ2n) is 10.1. The van der Waals surface area contributed by atoms with E-state index in [0.29, 0.717) is 30.3 Å². The summed E-state index contributed by atoms with van der Waals surface area (Å²) in [6, 6.07) is 19.5. The van der Waals surface area contributed by atoms with Crippen molar-refractivity contribution in [2.75, 3.05) is 13.1 Å². The highest BCUT2D eigenvalue weighted by Crippen LogP contribution is 2.27. The molecule has 1 aromatic heterocycles. The smallest absolute Gasteiger partial charge is 0.273 e. The highest BCUT2D eigenvalue weighted by Gasteiger charge is 2.24. The second kappa shape index (κ2) is 10.2. The lowest BCUT2D eigenvalue weighted by molar-refractivity contribution is 0.0729. The van der Waals surface area contributed by atoms with Gasteiger partial charge in [0.15, 0.2) is 11.5 Å². The van der Waals surface area contributed by atoms with Crippen molar-refractivity contribution in [2.24, 2.45) is 5.92 Å². The van der Waals surface area contributed by atoms with Crippen molar-refractivity contribution >= 4 is 11.8 Å². The quantitative estimate of drug-likeness (QED) is 0.489. The van der Waals surface area contributed by atoms with Gasteiger partial charge < -0.3 is 14.7 Å². The summed E-state index contributed by atoms with van der Waals surface area (Å²) in [5.74, 6) is 0.768. The standard InChI is InChI=1S/C28H33N3O3/c1-28(2,3)23-13-11-22(12-14-23)27(33)31(16-15-20-7-5-4-6-8-20)19-24-17-25(30-34-24)26(32)29-18-21-9-10-21/h4-8,11-14,17,21H,9-10,15-16,18-19H2,1-3H3,(H,29,32). The molecule has 0 atom stereocenters. The van der Waals surface area contributed by atoms with Crippen molar-refractivity contribution < 1.29 is 14.1 Å². The number of rotatable bonds is 9. The van der Waals surface area contributed by atoms with Gasteiger partial charge in [-0.15, -0.1) is 0 Å². The van der Waals surface area contributed by atoms with Crippen LogP contribution in [-0.2, 0) is 18.4 Å². The Morgan fingerprint density at radius 3 is 2.41 bits per heavy atom. The number of amides is 2. The Kier molecular flexibility index (Phi) is 7.15. The monoisotopic (exact) mass is 459 g/mol. The van der Waals surface area contributed by atoms with Gasteiger partial charge in [-0.05, 0) is 53.9 Å². The van der Waals surface area contributed by atoms with Crippen molar-refractivity contribution in [2.45, 2.75) is 52.0 Å². The highest BCUT2D eigenvalue weighted by atomic mass is 16.5. The summed E-state index contributed by atoms with van der Waals surface area (Å²) in [5.41, 5.74) is 3.23. The van der Waals surface area contributed by atoms with Gasteiger partial charge in [0.2, 0.25) is 0 Å². The van der Waals surface area contributed by atoms with Crippen molar-refractivity contribution in [3.05, 3.63) is 88.8 Å². The van der Waals surface area contributed by atoms with Crippen molar-refractivity contribution in [3.63, 3.8) is 0 Å². The minimum absolute atomic E-state index is 0.0187. The minimum atomic E-state index is -0.234. The van der Waals surface area contributed by atoms with Crippen LogP contribution in [0.15, 0.2) is 65.2 Å². The fourth-order valence-electron chi connectivity index (χ4n) is 3.79. The Morgan fingerprint density at radius 2 is 1.76 bits per heavy atom. The molecule has 4 rings (SSSR count). The molecule has 1 saturated carbocycles. The predicted molar refractivity (Wildman–Crippen MR) is 132 cm³/mol. The fourth-order valence-corrected chi connectivity index (χ4v) is 3.79. The zero-order chi connectivity index (χ0) is 24.1. The van der Waals surface area contributed by atoms with E-state index in [2.05, 4.69) is 43.4 Å². The Morgan fingerprint density at radius 1 is 1.06 bits per heavy atom. The number of hydrogen-bond donors (Lipinski definition) is 1. The van der Waals surface area contributed by atoms with Crippen molar-refractivity contribution in [1.29, 1.82) is 0 Å².